The van der Waals surface area contributed by atoms with E-state index in [0.717, 1.165) is 10.5 Å². The summed E-state index contributed by atoms with van der Waals surface area (Å²) < 4.78 is 19.3. The van der Waals surface area contributed by atoms with Gasteiger partial charge in [0.1, 0.15) is 17.3 Å². The lowest BCUT2D eigenvalue weighted by molar-refractivity contribution is 0.101. The first-order chi connectivity index (χ1) is 8.97. The summed E-state index contributed by atoms with van der Waals surface area (Å²) >= 11 is 9.19. The van der Waals surface area contributed by atoms with Crippen LogP contribution in [0.5, 0.6) is 11.5 Å². The minimum atomic E-state index is -0.446. The Labute approximate surface area is 123 Å². The lowest BCUT2D eigenvalue weighted by Gasteiger charge is -2.11. The maximum absolute atomic E-state index is 13.0. The van der Waals surface area contributed by atoms with Crippen LogP contribution in [0.15, 0.2) is 40.9 Å². The first kappa shape index (κ1) is 14.0. The maximum atomic E-state index is 13.0. The summed E-state index contributed by atoms with van der Waals surface area (Å²) in [5.41, 5.74) is 0.434. The van der Waals surface area contributed by atoms with Crippen molar-refractivity contribution in [2.75, 3.05) is 0 Å². The topological polar surface area (TPSA) is 26.3 Å². The smallest absolute Gasteiger partial charge is 0.163 e. The number of benzene rings is 2. The van der Waals surface area contributed by atoms with Crippen LogP contribution in [0, 0.1) is 5.82 Å². The van der Waals surface area contributed by atoms with E-state index in [-0.39, 0.29) is 10.8 Å². The van der Waals surface area contributed by atoms with Crippen molar-refractivity contribution in [3.05, 3.63) is 57.3 Å². The minimum absolute atomic E-state index is 0.124. The molecule has 2 aromatic rings. The van der Waals surface area contributed by atoms with Crippen LogP contribution in [0.1, 0.15) is 17.3 Å². The highest BCUT2D eigenvalue weighted by atomic mass is 79.9. The van der Waals surface area contributed by atoms with E-state index in [0.29, 0.717) is 17.1 Å². The highest BCUT2D eigenvalue weighted by molar-refractivity contribution is 9.10. The molecule has 19 heavy (non-hydrogen) atoms. The Morgan fingerprint density at radius 2 is 1.95 bits per heavy atom. The Morgan fingerprint density at radius 3 is 2.58 bits per heavy atom. The molecule has 2 aromatic carbocycles. The largest absolute Gasteiger partial charge is 0.455 e. The molecule has 2 nitrogen and oxygen atoms in total. The Kier molecular flexibility index (Phi) is 4.22. The van der Waals surface area contributed by atoms with Gasteiger partial charge in [0.05, 0.1) is 10.6 Å². The second-order valence-electron chi connectivity index (χ2n) is 3.87. The van der Waals surface area contributed by atoms with E-state index in [1.807, 2.05) is 0 Å². The molecule has 0 aliphatic rings. The highest BCUT2D eigenvalue weighted by Gasteiger charge is 2.12. The number of carbonyl (C=O) groups is 1. The summed E-state index contributed by atoms with van der Waals surface area (Å²) in [5, 5.41) is 0.148. The molecule has 0 unspecified atom stereocenters. The molecule has 0 atom stereocenters. The Bertz CT molecular complexity index is 643. The van der Waals surface area contributed by atoms with Gasteiger partial charge in [-0.2, -0.15) is 0 Å². The number of carbonyl (C=O) groups excluding carboxylic acids is 1. The Balaban J connectivity index is 2.42. The number of hydrogen-bond donors (Lipinski definition) is 0. The van der Waals surface area contributed by atoms with Gasteiger partial charge in [-0.05, 0) is 43.3 Å². The fraction of sp³-hybridized carbons (Fsp3) is 0.0714. The van der Waals surface area contributed by atoms with Gasteiger partial charge in [0.15, 0.2) is 5.78 Å². The molecule has 0 bridgehead atoms. The van der Waals surface area contributed by atoms with Gasteiger partial charge in [0.2, 0.25) is 0 Å². The van der Waals surface area contributed by atoms with E-state index in [9.17, 15) is 9.18 Å². The van der Waals surface area contributed by atoms with E-state index >= 15 is 0 Å². The van der Waals surface area contributed by atoms with Crippen molar-refractivity contribution >= 4 is 33.3 Å². The van der Waals surface area contributed by atoms with Gasteiger partial charge in [-0.15, -0.1) is 0 Å². The van der Waals surface area contributed by atoms with Crippen LogP contribution >= 0.6 is 27.5 Å². The predicted molar refractivity (Wildman–Crippen MR) is 75.6 cm³/mol. The van der Waals surface area contributed by atoms with Crippen molar-refractivity contribution in [1.29, 1.82) is 0 Å². The number of halogens is 3. The fourth-order valence-electron chi connectivity index (χ4n) is 1.55. The van der Waals surface area contributed by atoms with Crippen LogP contribution in [0.4, 0.5) is 4.39 Å². The van der Waals surface area contributed by atoms with Crippen LogP contribution in [-0.4, -0.2) is 5.78 Å². The second-order valence-corrected chi connectivity index (χ2v) is 5.20. The van der Waals surface area contributed by atoms with Gasteiger partial charge in [-0.25, -0.2) is 4.39 Å². The first-order valence-corrected chi connectivity index (χ1v) is 6.58. The summed E-state index contributed by atoms with van der Waals surface area (Å²) in [4.78, 5) is 11.5. The normalized spacial score (nSPS) is 10.3. The Morgan fingerprint density at radius 1 is 1.21 bits per heavy atom. The van der Waals surface area contributed by atoms with Crippen molar-refractivity contribution < 1.29 is 13.9 Å². The molecule has 98 valence electrons. The van der Waals surface area contributed by atoms with Gasteiger partial charge in [-0.1, -0.05) is 27.5 Å². The SMILES string of the molecule is CC(=O)c1ccc(Br)cc1Oc1ccc(F)cc1Cl. The molecule has 0 spiro atoms. The second kappa shape index (κ2) is 5.72. The van der Waals surface area contributed by atoms with E-state index in [1.165, 1.54) is 19.1 Å². The molecule has 0 amide bonds. The molecule has 0 aliphatic carbocycles. The molecule has 0 aliphatic heterocycles. The third kappa shape index (κ3) is 3.33. The van der Waals surface area contributed by atoms with Gasteiger partial charge < -0.3 is 4.74 Å². The van der Waals surface area contributed by atoms with E-state index in [4.69, 9.17) is 16.3 Å². The lowest BCUT2D eigenvalue weighted by atomic mass is 10.1. The van der Waals surface area contributed by atoms with Crippen molar-refractivity contribution in [1.82, 2.24) is 0 Å². The zero-order valence-corrected chi connectivity index (χ0v) is 12.3. The van der Waals surface area contributed by atoms with Crippen LogP contribution in [0.25, 0.3) is 0 Å². The van der Waals surface area contributed by atoms with Crippen LogP contribution in [0.3, 0.4) is 0 Å². The van der Waals surface area contributed by atoms with E-state index < -0.39 is 5.82 Å². The van der Waals surface area contributed by atoms with Crippen molar-refractivity contribution in [3.63, 3.8) is 0 Å². The molecule has 0 fully saturated rings. The zero-order chi connectivity index (χ0) is 14.0. The average molecular weight is 344 g/mol. The molecular weight excluding hydrogens is 335 g/mol. The summed E-state index contributed by atoms with van der Waals surface area (Å²) in [6, 6.07) is 8.88. The van der Waals surface area contributed by atoms with Gasteiger partial charge in [0, 0.05) is 4.47 Å². The summed E-state index contributed by atoms with van der Waals surface area (Å²) in [5.74, 6) is 0.0955. The van der Waals surface area contributed by atoms with Gasteiger partial charge in [-0.3, -0.25) is 4.79 Å². The quantitative estimate of drug-likeness (QED) is 0.713. The molecule has 5 heteroatoms. The van der Waals surface area contributed by atoms with Crippen molar-refractivity contribution in [3.8, 4) is 11.5 Å². The number of ketones is 1. The fourth-order valence-corrected chi connectivity index (χ4v) is 2.09. The summed E-state index contributed by atoms with van der Waals surface area (Å²) in [6.07, 6.45) is 0. The first-order valence-electron chi connectivity index (χ1n) is 5.41. The average Bonchev–Trinajstić information content (AvgIpc) is 2.32. The van der Waals surface area contributed by atoms with Crippen LogP contribution in [0.2, 0.25) is 5.02 Å². The van der Waals surface area contributed by atoms with Gasteiger partial charge in [0.25, 0.3) is 0 Å². The lowest BCUT2D eigenvalue weighted by Crippen LogP contribution is -1.97. The third-order valence-corrected chi connectivity index (χ3v) is 3.23. The number of ether oxygens (including phenoxy) is 1. The molecular formula is C14H9BrClFO2. The standard InChI is InChI=1S/C14H9BrClFO2/c1-8(18)11-4-2-9(15)6-14(11)19-13-5-3-10(17)7-12(13)16/h2-7H,1H3. The highest BCUT2D eigenvalue weighted by Crippen LogP contribution is 2.33. The molecule has 0 N–H and O–H groups in total. The zero-order valence-electron chi connectivity index (χ0n) is 9.91. The van der Waals surface area contributed by atoms with Gasteiger partial charge >= 0.3 is 0 Å². The number of Topliss-reactive ketones (excluding diaryl/α,β-unsaturated/α-hetero) is 1. The monoisotopic (exact) mass is 342 g/mol. The minimum Gasteiger partial charge on any atom is -0.455 e. The van der Waals surface area contributed by atoms with Crippen molar-refractivity contribution in [2.45, 2.75) is 6.92 Å². The molecule has 0 radical (unpaired) electrons. The molecule has 0 aromatic heterocycles. The van der Waals surface area contributed by atoms with E-state index in [1.54, 1.807) is 18.2 Å². The predicted octanol–water partition coefficient (Wildman–Crippen LogP) is 5.24. The molecule has 0 heterocycles. The maximum Gasteiger partial charge on any atom is 0.163 e. The third-order valence-electron chi connectivity index (χ3n) is 2.44. The number of rotatable bonds is 3. The summed E-state index contributed by atoms with van der Waals surface area (Å²) in [6.45, 7) is 1.45. The Hall–Kier alpha value is -1.39. The van der Waals surface area contributed by atoms with Crippen LogP contribution < -0.4 is 4.74 Å². The van der Waals surface area contributed by atoms with Crippen molar-refractivity contribution in [2.24, 2.45) is 0 Å². The van der Waals surface area contributed by atoms with E-state index in [2.05, 4.69) is 15.9 Å². The van der Waals surface area contributed by atoms with Crippen LogP contribution in [-0.2, 0) is 0 Å². The number of hydrogen-bond acceptors (Lipinski definition) is 2. The molecule has 2 rings (SSSR count). The summed E-state index contributed by atoms with van der Waals surface area (Å²) in [7, 11) is 0. The molecule has 0 saturated heterocycles. The molecule has 0 saturated carbocycles.